The van der Waals surface area contributed by atoms with E-state index in [9.17, 15) is 18.0 Å². The number of unbranched alkanes of at least 4 members (excludes halogenated alkanes) is 1. The molecule has 3 rings (SSSR count). The fourth-order valence-corrected chi connectivity index (χ4v) is 4.87. The zero-order valence-corrected chi connectivity index (χ0v) is 24.0. The van der Waals surface area contributed by atoms with E-state index in [0.29, 0.717) is 44.2 Å². The van der Waals surface area contributed by atoms with Crippen LogP contribution in [0.4, 0.5) is 15.3 Å². The Morgan fingerprint density at radius 2 is 1.64 bits per heavy atom. The second-order valence-corrected chi connectivity index (χ2v) is 12.5. The number of ether oxygens (including phenoxy) is 2. The molecule has 2 aromatic rings. The number of rotatable bonds is 10. The van der Waals surface area contributed by atoms with Crippen LogP contribution in [0.3, 0.4) is 0 Å². The molecule has 0 bridgehead atoms. The predicted octanol–water partition coefficient (Wildman–Crippen LogP) is 6.04. The molecule has 2 amide bonds. The van der Waals surface area contributed by atoms with Crippen molar-refractivity contribution in [3.05, 3.63) is 54.1 Å². The molecule has 39 heavy (non-hydrogen) atoms. The molecule has 0 aliphatic heterocycles. The molecule has 214 valence electrons. The van der Waals surface area contributed by atoms with E-state index in [-0.39, 0.29) is 18.8 Å². The largest absolute Gasteiger partial charge is 0.446 e. The van der Waals surface area contributed by atoms with Crippen LogP contribution in [-0.2, 0) is 30.2 Å². The number of benzene rings is 2. The van der Waals surface area contributed by atoms with Crippen molar-refractivity contribution in [1.82, 2.24) is 5.32 Å². The van der Waals surface area contributed by atoms with Gasteiger partial charge in [0.1, 0.15) is 11.7 Å². The number of alkyl carbamates (subject to hydrolysis) is 1. The lowest BCUT2D eigenvalue weighted by Crippen LogP contribution is -2.42. The number of amides is 2. The monoisotopic (exact) mass is 560 g/mol. The third kappa shape index (κ3) is 11.3. The third-order valence-electron chi connectivity index (χ3n) is 6.23. The molecule has 0 unspecified atom stereocenters. The first kappa shape index (κ1) is 30.4. The van der Waals surface area contributed by atoms with E-state index < -0.39 is 27.9 Å². The number of aryl methyl sites for hydroxylation is 1. The third-order valence-corrected chi connectivity index (χ3v) is 6.83. The van der Waals surface area contributed by atoms with E-state index in [4.69, 9.17) is 13.7 Å². The predicted molar refractivity (Wildman–Crippen MR) is 151 cm³/mol. The Labute approximate surface area is 231 Å². The first-order chi connectivity index (χ1) is 18.4. The maximum absolute atomic E-state index is 12.9. The molecule has 9 nitrogen and oxygen atoms in total. The lowest BCUT2D eigenvalue weighted by atomic mass is 9.93. The summed E-state index contributed by atoms with van der Waals surface area (Å²) in [5, 5.41) is 5.83. The van der Waals surface area contributed by atoms with E-state index in [1.54, 1.807) is 0 Å². The normalized spacial score (nSPS) is 17.7. The Morgan fingerprint density at radius 1 is 0.949 bits per heavy atom. The smallest absolute Gasteiger partial charge is 0.411 e. The summed E-state index contributed by atoms with van der Waals surface area (Å²) in [5.74, 6) is 0. The van der Waals surface area contributed by atoms with Crippen molar-refractivity contribution in [3.63, 3.8) is 0 Å². The lowest BCUT2D eigenvalue weighted by Gasteiger charge is -2.30. The van der Waals surface area contributed by atoms with Gasteiger partial charge in [-0.05, 0) is 82.9 Å². The molecule has 10 heteroatoms. The van der Waals surface area contributed by atoms with Crippen LogP contribution >= 0.6 is 0 Å². The Hall–Kier alpha value is -3.11. The lowest BCUT2D eigenvalue weighted by molar-refractivity contribution is 0.0440. The second-order valence-electron chi connectivity index (χ2n) is 10.9. The molecule has 1 saturated carbocycles. The molecule has 0 spiro atoms. The van der Waals surface area contributed by atoms with Gasteiger partial charge >= 0.3 is 12.2 Å². The van der Waals surface area contributed by atoms with Gasteiger partial charge in [0.15, 0.2) is 0 Å². The van der Waals surface area contributed by atoms with Gasteiger partial charge in [-0.25, -0.2) is 9.59 Å². The molecule has 2 aromatic carbocycles. The Kier molecular flexibility index (Phi) is 10.8. The van der Waals surface area contributed by atoms with Crippen molar-refractivity contribution in [2.75, 3.05) is 18.2 Å². The van der Waals surface area contributed by atoms with Crippen LogP contribution in [0, 0.1) is 0 Å². The molecule has 2 N–H and O–H groups in total. The van der Waals surface area contributed by atoms with Crippen molar-refractivity contribution in [3.8, 4) is 11.1 Å². The minimum Gasteiger partial charge on any atom is -0.446 e. The summed E-state index contributed by atoms with van der Waals surface area (Å²) in [6, 6.07) is 15.7. The summed E-state index contributed by atoms with van der Waals surface area (Å²) in [7, 11) is -3.44. The average Bonchev–Trinajstić information content (AvgIpc) is 2.84. The fraction of sp³-hybridized carbons (Fsp3) is 0.517. The maximum Gasteiger partial charge on any atom is 0.411 e. The zero-order chi connectivity index (χ0) is 28.5. The minimum atomic E-state index is -3.44. The van der Waals surface area contributed by atoms with Crippen LogP contribution in [0.1, 0.15) is 64.9 Å². The average molecular weight is 561 g/mol. The Morgan fingerprint density at radius 3 is 2.28 bits per heavy atom. The van der Waals surface area contributed by atoms with E-state index in [2.05, 4.69) is 10.6 Å². The van der Waals surface area contributed by atoms with Gasteiger partial charge in [0.05, 0.1) is 18.6 Å². The van der Waals surface area contributed by atoms with Crippen LogP contribution in [0.2, 0.25) is 0 Å². The first-order valence-electron chi connectivity index (χ1n) is 13.4. The van der Waals surface area contributed by atoms with Gasteiger partial charge < -0.3 is 14.8 Å². The summed E-state index contributed by atoms with van der Waals surface area (Å²) >= 11 is 0. The number of nitrogens with one attached hydrogen (secondary N) is 2. The van der Waals surface area contributed by atoms with Crippen molar-refractivity contribution in [1.29, 1.82) is 0 Å². The van der Waals surface area contributed by atoms with Crippen molar-refractivity contribution < 1.29 is 31.7 Å². The van der Waals surface area contributed by atoms with Gasteiger partial charge in [-0.1, -0.05) is 42.5 Å². The molecule has 0 saturated heterocycles. The standard InChI is InChI=1S/C29H40N2O7S/c1-29(2,3)38-28(33)30-23-14-16-24(17-15-23)37-27(32)31-26-20-21(10-8-9-19-36-39(4,34)35)13-18-25(26)22-11-6-5-7-12-22/h5-7,11-13,18,20,23-24H,8-10,14-17,19H2,1-4H3,(H,30,33)(H,31,32)/t23-,24-. The molecular weight excluding hydrogens is 520 g/mol. The molecule has 0 atom stereocenters. The second kappa shape index (κ2) is 13.8. The number of hydrogen-bond acceptors (Lipinski definition) is 7. The highest BCUT2D eigenvalue weighted by atomic mass is 32.2. The fourth-order valence-electron chi connectivity index (χ4n) is 4.45. The molecule has 1 aliphatic carbocycles. The van der Waals surface area contributed by atoms with Gasteiger partial charge in [0.2, 0.25) is 0 Å². The highest BCUT2D eigenvalue weighted by Crippen LogP contribution is 2.30. The number of anilines is 1. The topological polar surface area (TPSA) is 120 Å². The van der Waals surface area contributed by atoms with Crippen LogP contribution in [0.15, 0.2) is 48.5 Å². The highest BCUT2D eigenvalue weighted by Gasteiger charge is 2.27. The SMILES string of the molecule is CC(C)(C)OC(=O)N[C@H]1CC[C@H](OC(=O)Nc2cc(CCCCOS(C)(=O)=O)ccc2-c2ccccc2)CC1. The summed E-state index contributed by atoms with van der Waals surface area (Å²) in [6.07, 6.45) is 4.60. The van der Waals surface area contributed by atoms with E-state index in [0.717, 1.165) is 29.4 Å². The van der Waals surface area contributed by atoms with E-state index in [1.807, 2.05) is 69.3 Å². The molecule has 1 fully saturated rings. The number of carbonyl (C=O) groups is 2. The van der Waals surface area contributed by atoms with Crippen molar-refractivity contribution >= 4 is 28.0 Å². The minimum absolute atomic E-state index is 0.00744. The van der Waals surface area contributed by atoms with Gasteiger partial charge in [-0.2, -0.15) is 8.42 Å². The van der Waals surface area contributed by atoms with Crippen LogP contribution in [0.5, 0.6) is 0 Å². The Balaban J connectivity index is 1.57. The highest BCUT2D eigenvalue weighted by molar-refractivity contribution is 7.85. The van der Waals surface area contributed by atoms with Gasteiger partial charge in [-0.15, -0.1) is 0 Å². The molecule has 0 radical (unpaired) electrons. The molecule has 0 heterocycles. The van der Waals surface area contributed by atoms with Crippen LogP contribution in [0.25, 0.3) is 11.1 Å². The quantitative estimate of drug-likeness (QED) is 0.269. The van der Waals surface area contributed by atoms with Crippen molar-refractivity contribution in [2.24, 2.45) is 0 Å². The Bertz CT molecular complexity index is 1200. The summed E-state index contributed by atoms with van der Waals surface area (Å²) in [4.78, 5) is 24.9. The summed E-state index contributed by atoms with van der Waals surface area (Å²) < 4.78 is 38.1. The van der Waals surface area contributed by atoms with E-state index in [1.165, 1.54) is 0 Å². The molecular formula is C29H40N2O7S. The summed E-state index contributed by atoms with van der Waals surface area (Å²) in [5.41, 5.74) is 2.96. The molecule has 0 aromatic heterocycles. The van der Waals surface area contributed by atoms with E-state index >= 15 is 0 Å². The summed E-state index contributed by atoms with van der Waals surface area (Å²) in [6.45, 7) is 5.62. The van der Waals surface area contributed by atoms with Crippen LogP contribution in [-0.4, -0.2) is 51.2 Å². The zero-order valence-electron chi connectivity index (χ0n) is 23.2. The van der Waals surface area contributed by atoms with Gasteiger partial charge in [-0.3, -0.25) is 9.50 Å². The number of hydrogen-bond donors (Lipinski definition) is 2. The maximum atomic E-state index is 12.9. The van der Waals surface area contributed by atoms with Crippen molar-refractivity contribution in [2.45, 2.75) is 83.5 Å². The first-order valence-corrected chi connectivity index (χ1v) is 15.2. The van der Waals surface area contributed by atoms with Gasteiger partial charge in [0.25, 0.3) is 10.1 Å². The number of carbonyl (C=O) groups excluding carboxylic acids is 2. The molecule has 1 aliphatic rings. The van der Waals surface area contributed by atoms with Crippen LogP contribution < -0.4 is 10.6 Å². The van der Waals surface area contributed by atoms with Gasteiger partial charge in [0, 0.05) is 11.6 Å².